The second-order valence-corrected chi connectivity index (χ2v) is 5.83. The van der Waals surface area contributed by atoms with E-state index in [1.807, 2.05) is 0 Å². The van der Waals surface area contributed by atoms with Crippen LogP contribution in [0.3, 0.4) is 0 Å². The lowest BCUT2D eigenvalue weighted by atomic mass is 9.74. The maximum Gasteiger partial charge on any atom is 0.0604 e. The van der Waals surface area contributed by atoms with E-state index in [-0.39, 0.29) is 5.41 Å². The van der Waals surface area contributed by atoms with Crippen molar-refractivity contribution in [1.82, 2.24) is 0 Å². The second-order valence-electron chi connectivity index (χ2n) is 5.83. The molecule has 0 aromatic heterocycles. The van der Waals surface area contributed by atoms with E-state index in [0.717, 1.165) is 19.6 Å². The van der Waals surface area contributed by atoms with Crippen molar-refractivity contribution in [2.24, 2.45) is 0 Å². The third-order valence-electron chi connectivity index (χ3n) is 4.66. The van der Waals surface area contributed by atoms with Crippen molar-refractivity contribution < 1.29 is 4.74 Å². The van der Waals surface area contributed by atoms with Gasteiger partial charge in [0.05, 0.1) is 6.61 Å². The lowest BCUT2D eigenvalue weighted by Crippen LogP contribution is -2.35. The average Bonchev–Trinajstić information content (AvgIpc) is 2.71. The summed E-state index contributed by atoms with van der Waals surface area (Å²) in [5, 5.41) is 0. The Hall–Kier alpha value is -1.60. The number of aryl methyl sites for hydroxylation is 1. The first-order chi connectivity index (χ1) is 9.31. The van der Waals surface area contributed by atoms with Gasteiger partial charge in [-0.25, -0.2) is 0 Å². The van der Waals surface area contributed by atoms with Gasteiger partial charge in [0.2, 0.25) is 0 Å². The molecule has 0 bridgehead atoms. The third-order valence-corrected chi connectivity index (χ3v) is 4.66. The van der Waals surface area contributed by atoms with Crippen LogP contribution >= 0.6 is 0 Å². The average molecular weight is 250 g/mol. The highest BCUT2D eigenvalue weighted by Crippen LogP contribution is 2.52. The molecule has 1 unspecified atom stereocenters. The summed E-state index contributed by atoms with van der Waals surface area (Å²) in [6, 6.07) is 15.7. The number of ether oxygens (including phenoxy) is 1. The summed E-state index contributed by atoms with van der Waals surface area (Å²) in [4.78, 5) is 0. The van der Waals surface area contributed by atoms with Crippen LogP contribution in [0.5, 0.6) is 0 Å². The van der Waals surface area contributed by atoms with Crippen LogP contribution in [0.2, 0.25) is 0 Å². The molecule has 1 spiro atoms. The topological polar surface area (TPSA) is 9.23 Å². The van der Waals surface area contributed by atoms with Gasteiger partial charge >= 0.3 is 0 Å². The lowest BCUT2D eigenvalue weighted by Gasteiger charge is -2.35. The van der Waals surface area contributed by atoms with E-state index in [2.05, 4.69) is 49.4 Å². The minimum atomic E-state index is 0.107. The fourth-order valence-corrected chi connectivity index (χ4v) is 3.79. The van der Waals surface area contributed by atoms with E-state index in [1.54, 1.807) is 0 Å². The molecule has 1 saturated heterocycles. The highest BCUT2D eigenvalue weighted by Gasteiger charge is 2.44. The summed E-state index contributed by atoms with van der Waals surface area (Å²) >= 11 is 0. The van der Waals surface area contributed by atoms with Crippen molar-refractivity contribution in [3.05, 3.63) is 59.2 Å². The van der Waals surface area contributed by atoms with E-state index >= 15 is 0 Å². The molecule has 1 heterocycles. The fourth-order valence-electron chi connectivity index (χ4n) is 3.79. The molecule has 4 rings (SSSR count). The van der Waals surface area contributed by atoms with Crippen LogP contribution in [0.25, 0.3) is 11.1 Å². The SMILES string of the molecule is Cc1ccc2c(c1)C1(CCCOC1)c1ccccc1-2. The minimum absolute atomic E-state index is 0.107. The van der Waals surface area contributed by atoms with Gasteiger partial charge in [0.1, 0.15) is 0 Å². The van der Waals surface area contributed by atoms with E-state index in [0.29, 0.717) is 0 Å². The Balaban J connectivity index is 2.03. The molecule has 2 aromatic rings. The summed E-state index contributed by atoms with van der Waals surface area (Å²) in [5.74, 6) is 0. The first kappa shape index (κ1) is 11.2. The van der Waals surface area contributed by atoms with Crippen molar-refractivity contribution in [3.63, 3.8) is 0 Å². The predicted octanol–water partition coefficient (Wildman–Crippen LogP) is 4.07. The van der Waals surface area contributed by atoms with Gasteiger partial charge < -0.3 is 4.74 Å². The van der Waals surface area contributed by atoms with Crippen molar-refractivity contribution >= 4 is 0 Å². The molecule has 0 saturated carbocycles. The summed E-state index contributed by atoms with van der Waals surface area (Å²) in [6.45, 7) is 3.92. The van der Waals surface area contributed by atoms with Crippen LogP contribution in [0.4, 0.5) is 0 Å². The van der Waals surface area contributed by atoms with Crippen LogP contribution in [-0.2, 0) is 10.2 Å². The fraction of sp³-hybridized carbons (Fsp3) is 0.333. The van der Waals surface area contributed by atoms with Gasteiger partial charge in [0.25, 0.3) is 0 Å². The van der Waals surface area contributed by atoms with E-state index in [4.69, 9.17) is 4.74 Å². The van der Waals surface area contributed by atoms with E-state index in [1.165, 1.54) is 34.2 Å². The largest absolute Gasteiger partial charge is 0.380 e. The summed E-state index contributed by atoms with van der Waals surface area (Å²) in [5.41, 5.74) is 7.21. The van der Waals surface area contributed by atoms with Gasteiger partial charge in [-0.2, -0.15) is 0 Å². The molecule has 1 fully saturated rings. The van der Waals surface area contributed by atoms with Crippen LogP contribution in [-0.4, -0.2) is 13.2 Å². The predicted molar refractivity (Wildman–Crippen MR) is 77.4 cm³/mol. The third kappa shape index (κ3) is 1.45. The number of fused-ring (bicyclic) bond motifs is 5. The Bertz CT molecular complexity index is 636. The zero-order chi connectivity index (χ0) is 12.9. The molecular weight excluding hydrogens is 232 g/mol. The Morgan fingerprint density at radius 2 is 1.84 bits per heavy atom. The second kappa shape index (κ2) is 3.94. The molecule has 0 N–H and O–H groups in total. The molecule has 19 heavy (non-hydrogen) atoms. The molecular formula is C18H18O. The standard InChI is InChI=1S/C18H18O/c1-13-7-8-15-14-5-2-3-6-16(14)18(17(15)11-13)9-4-10-19-12-18/h2-3,5-8,11H,4,9-10,12H2,1H3. The molecule has 2 aliphatic rings. The summed E-state index contributed by atoms with van der Waals surface area (Å²) in [6.07, 6.45) is 2.36. The molecule has 1 heteroatoms. The molecule has 0 amide bonds. The van der Waals surface area contributed by atoms with E-state index < -0.39 is 0 Å². The quantitative estimate of drug-likeness (QED) is 0.684. The van der Waals surface area contributed by atoms with Crippen LogP contribution in [0, 0.1) is 6.92 Å². The lowest BCUT2D eigenvalue weighted by molar-refractivity contribution is 0.0521. The maximum absolute atomic E-state index is 5.86. The van der Waals surface area contributed by atoms with Gasteiger partial charge in [-0.05, 0) is 42.0 Å². The van der Waals surface area contributed by atoms with Crippen LogP contribution in [0.15, 0.2) is 42.5 Å². The zero-order valence-corrected chi connectivity index (χ0v) is 11.3. The number of benzene rings is 2. The monoisotopic (exact) mass is 250 g/mol. The van der Waals surface area contributed by atoms with Crippen LogP contribution in [0.1, 0.15) is 29.5 Å². The summed E-state index contributed by atoms with van der Waals surface area (Å²) < 4.78 is 5.86. The molecule has 0 radical (unpaired) electrons. The number of rotatable bonds is 0. The molecule has 1 atom stereocenters. The van der Waals surface area contributed by atoms with Crippen molar-refractivity contribution in [2.45, 2.75) is 25.2 Å². The van der Waals surface area contributed by atoms with Crippen molar-refractivity contribution in [3.8, 4) is 11.1 Å². The van der Waals surface area contributed by atoms with Gasteiger partial charge in [-0.3, -0.25) is 0 Å². The van der Waals surface area contributed by atoms with Gasteiger partial charge in [0.15, 0.2) is 0 Å². The smallest absolute Gasteiger partial charge is 0.0604 e. The van der Waals surface area contributed by atoms with Crippen molar-refractivity contribution in [1.29, 1.82) is 0 Å². The highest BCUT2D eigenvalue weighted by molar-refractivity contribution is 5.81. The molecule has 1 aliphatic heterocycles. The van der Waals surface area contributed by atoms with E-state index in [9.17, 15) is 0 Å². The summed E-state index contributed by atoms with van der Waals surface area (Å²) in [7, 11) is 0. The molecule has 1 nitrogen and oxygen atoms in total. The molecule has 2 aromatic carbocycles. The van der Waals surface area contributed by atoms with Gasteiger partial charge in [0, 0.05) is 12.0 Å². The zero-order valence-electron chi connectivity index (χ0n) is 11.3. The Kier molecular flexibility index (Phi) is 2.33. The number of hydrogen-bond acceptors (Lipinski definition) is 1. The molecule has 96 valence electrons. The maximum atomic E-state index is 5.86. The Morgan fingerprint density at radius 3 is 2.68 bits per heavy atom. The normalized spacial score (nSPS) is 24.3. The van der Waals surface area contributed by atoms with Crippen LogP contribution < -0.4 is 0 Å². The first-order valence-corrected chi connectivity index (χ1v) is 7.10. The van der Waals surface area contributed by atoms with Gasteiger partial charge in [-0.15, -0.1) is 0 Å². The van der Waals surface area contributed by atoms with Crippen molar-refractivity contribution in [2.75, 3.05) is 13.2 Å². The highest BCUT2D eigenvalue weighted by atomic mass is 16.5. The Morgan fingerprint density at radius 1 is 1.00 bits per heavy atom. The first-order valence-electron chi connectivity index (χ1n) is 7.10. The Labute approximate surface area is 114 Å². The number of hydrogen-bond donors (Lipinski definition) is 0. The van der Waals surface area contributed by atoms with Gasteiger partial charge in [-0.1, -0.05) is 48.0 Å². The molecule has 1 aliphatic carbocycles. The minimum Gasteiger partial charge on any atom is -0.380 e.